The quantitative estimate of drug-likeness (QED) is 0.795. The number of benzene rings is 1. The van der Waals surface area contributed by atoms with Crippen LogP contribution in [0.2, 0.25) is 0 Å². The molecule has 106 valence electrons. The molecule has 1 aliphatic heterocycles. The lowest BCUT2D eigenvalue weighted by atomic mass is 10.1. The van der Waals surface area contributed by atoms with Crippen molar-refractivity contribution in [2.45, 2.75) is 18.6 Å². The number of aliphatic hydroxyl groups excluding tert-OH is 1. The minimum absolute atomic E-state index is 0.0140. The lowest BCUT2D eigenvalue weighted by Crippen LogP contribution is -2.39. The van der Waals surface area contributed by atoms with E-state index in [9.17, 15) is 13.5 Å². The molecular formula is C13H19NO4S. The predicted molar refractivity (Wildman–Crippen MR) is 73.1 cm³/mol. The molecule has 0 saturated carbocycles. The summed E-state index contributed by atoms with van der Waals surface area (Å²) in [4.78, 5) is 0. The Bertz CT molecular complexity index is 529. The van der Waals surface area contributed by atoms with Crippen molar-refractivity contribution >= 4 is 9.84 Å². The van der Waals surface area contributed by atoms with Crippen LogP contribution in [0.15, 0.2) is 24.3 Å². The van der Waals surface area contributed by atoms with Gasteiger partial charge >= 0.3 is 0 Å². The van der Waals surface area contributed by atoms with Gasteiger partial charge in [0.15, 0.2) is 9.84 Å². The van der Waals surface area contributed by atoms with E-state index in [1.807, 2.05) is 24.3 Å². The molecule has 6 heteroatoms. The number of para-hydroxylation sites is 1. The number of rotatable bonds is 5. The Morgan fingerprint density at radius 1 is 1.37 bits per heavy atom. The Morgan fingerprint density at radius 3 is 2.74 bits per heavy atom. The summed E-state index contributed by atoms with van der Waals surface area (Å²) >= 11 is 0. The number of nitrogens with one attached hydrogen (secondary N) is 1. The summed E-state index contributed by atoms with van der Waals surface area (Å²) in [5.74, 6) is 0.697. The summed E-state index contributed by atoms with van der Waals surface area (Å²) in [5.41, 5.74) is 1.06. The van der Waals surface area contributed by atoms with E-state index >= 15 is 0 Å². The fourth-order valence-corrected chi connectivity index (χ4v) is 4.10. The summed E-state index contributed by atoms with van der Waals surface area (Å²) in [6, 6.07) is 7.35. The van der Waals surface area contributed by atoms with Crippen molar-refractivity contribution in [2.24, 2.45) is 0 Å². The Kier molecular flexibility index (Phi) is 4.44. The van der Waals surface area contributed by atoms with Crippen molar-refractivity contribution in [1.82, 2.24) is 5.32 Å². The molecule has 1 aromatic rings. The Balaban J connectivity index is 1.87. The average molecular weight is 285 g/mol. The van der Waals surface area contributed by atoms with Crippen LogP contribution >= 0.6 is 0 Å². The molecule has 0 spiro atoms. The minimum atomic E-state index is -3.09. The second-order valence-corrected chi connectivity index (χ2v) is 6.92. The minimum Gasteiger partial charge on any atom is -0.496 e. The SMILES string of the molecule is COc1ccccc1CCN[C@H]1CS(=O)(=O)C[C@@H]1O. The van der Waals surface area contributed by atoms with Gasteiger partial charge in [-0.25, -0.2) is 8.42 Å². The zero-order chi connectivity index (χ0) is 13.9. The highest BCUT2D eigenvalue weighted by molar-refractivity contribution is 7.91. The lowest BCUT2D eigenvalue weighted by Gasteiger charge is -2.15. The summed E-state index contributed by atoms with van der Waals surface area (Å²) in [6.07, 6.45) is -0.0736. The van der Waals surface area contributed by atoms with Gasteiger partial charge in [0.25, 0.3) is 0 Å². The number of ether oxygens (including phenoxy) is 1. The summed E-state index contributed by atoms with van der Waals surface area (Å²) < 4.78 is 28.0. The maximum Gasteiger partial charge on any atom is 0.154 e. The molecule has 1 heterocycles. The van der Waals surface area contributed by atoms with Gasteiger partial charge in [0.1, 0.15) is 5.75 Å². The summed E-state index contributed by atoms with van der Waals surface area (Å²) in [6.45, 7) is 0.609. The molecule has 0 bridgehead atoms. The molecule has 0 aliphatic carbocycles. The first-order chi connectivity index (χ1) is 9.02. The molecule has 1 aliphatic rings. The highest BCUT2D eigenvalue weighted by atomic mass is 32.2. The first-order valence-corrected chi connectivity index (χ1v) is 8.08. The van der Waals surface area contributed by atoms with E-state index in [1.54, 1.807) is 7.11 Å². The van der Waals surface area contributed by atoms with Crippen LogP contribution in [0.25, 0.3) is 0 Å². The van der Waals surface area contributed by atoms with Gasteiger partial charge in [-0.05, 0) is 24.6 Å². The van der Waals surface area contributed by atoms with Crippen molar-refractivity contribution < 1.29 is 18.3 Å². The van der Waals surface area contributed by atoms with Crippen LogP contribution in [-0.2, 0) is 16.3 Å². The number of hydrogen-bond acceptors (Lipinski definition) is 5. The summed E-state index contributed by atoms with van der Waals surface area (Å²) in [5, 5.41) is 12.8. The highest BCUT2D eigenvalue weighted by Crippen LogP contribution is 2.18. The van der Waals surface area contributed by atoms with E-state index in [0.29, 0.717) is 6.54 Å². The zero-order valence-corrected chi connectivity index (χ0v) is 11.7. The van der Waals surface area contributed by atoms with Crippen molar-refractivity contribution in [1.29, 1.82) is 0 Å². The van der Waals surface area contributed by atoms with Crippen molar-refractivity contribution in [3.63, 3.8) is 0 Å². The second-order valence-electron chi connectivity index (χ2n) is 4.77. The van der Waals surface area contributed by atoms with Crippen LogP contribution in [0.5, 0.6) is 5.75 Å². The third kappa shape index (κ3) is 3.68. The molecule has 2 rings (SSSR count). The largest absolute Gasteiger partial charge is 0.496 e. The maximum atomic E-state index is 11.4. The van der Waals surface area contributed by atoms with Gasteiger partial charge in [0, 0.05) is 6.04 Å². The lowest BCUT2D eigenvalue weighted by molar-refractivity contribution is 0.166. The van der Waals surface area contributed by atoms with Gasteiger partial charge in [-0.1, -0.05) is 18.2 Å². The van der Waals surface area contributed by atoms with E-state index in [1.165, 1.54) is 0 Å². The van der Waals surface area contributed by atoms with Crippen molar-refractivity contribution in [2.75, 3.05) is 25.2 Å². The van der Waals surface area contributed by atoms with Gasteiger partial charge < -0.3 is 15.2 Å². The molecule has 0 aromatic heterocycles. The Morgan fingerprint density at radius 2 is 2.11 bits per heavy atom. The van der Waals surface area contributed by atoms with Gasteiger partial charge in [-0.2, -0.15) is 0 Å². The van der Waals surface area contributed by atoms with Crippen LogP contribution in [0.4, 0.5) is 0 Å². The molecule has 0 amide bonds. The van der Waals surface area contributed by atoms with Crippen LogP contribution in [0.1, 0.15) is 5.56 Å². The number of methoxy groups -OCH3 is 1. The van der Waals surface area contributed by atoms with Gasteiger partial charge in [-0.3, -0.25) is 0 Å². The first-order valence-electron chi connectivity index (χ1n) is 6.25. The maximum absolute atomic E-state index is 11.4. The molecule has 1 saturated heterocycles. The second kappa shape index (κ2) is 5.90. The third-order valence-corrected chi connectivity index (χ3v) is 5.03. The average Bonchev–Trinajstić information content (AvgIpc) is 2.63. The molecular weight excluding hydrogens is 266 g/mol. The zero-order valence-electron chi connectivity index (χ0n) is 10.9. The normalized spacial score (nSPS) is 25.4. The molecule has 2 atom stereocenters. The molecule has 2 N–H and O–H groups in total. The van der Waals surface area contributed by atoms with E-state index in [-0.39, 0.29) is 17.5 Å². The van der Waals surface area contributed by atoms with E-state index in [4.69, 9.17) is 4.74 Å². The molecule has 0 unspecified atom stereocenters. The summed E-state index contributed by atoms with van der Waals surface area (Å²) in [7, 11) is -1.47. The molecule has 5 nitrogen and oxygen atoms in total. The number of aliphatic hydroxyl groups is 1. The predicted octanol–water partition coefficient (Wildman–Crippen LogP) is -0.0148. The van der Waals surface area contributed by atoms with Gasteiger partial charge in [0.05, 0.1) is 24.7 Å². The third-order valence-electron chi connectivity index (χ3n) is 3.32. The fourth-order valence-electron chi connectivity index (χ4n) is 2.33. The van der Waals surface area contributed by atoms with E-state index in [2.05, 4.69) is 5.32 Å². The fraction of sp³-hybridized carbons (Fsp3) is 0.538. The Hall–Kier alpha value is -1.11. The van der Waals surface area contributed by atoms with Gasteiger partial charge in [0.2, 0.25) is 0 Å². The van der Waals surface area contributed by atoms with Crippen molar-refractivity contribution in [3.05, 3.63) is 29.8 Å². The standard InChI is InChI=1S/C13H19NO4S/c1-18-13-5-3-2-4-10(13)6-7-14-11-8-19(16,17)9-12(11)15/h2-5,11-12,14-15H,6-9H2,1H3/t11-,12-/m0/s1. The van der Waals surface area contributed by atoms with Crippen molar-refractivity contribution in [3.8, 4) is 5.75 Å². The van der Waals surface area contributed by atoms with Crippen LogP contribution in [0, 0.1) is 0 Å². The van der Waals surface area contributed by atoms with Crippen LogP contribution in [-0.4, -0.2) is 50.8 Å². The van der Waals surface area contributed by atoms with Crippen LogP contribution < -0.4 is 10.1 Å². The Labute approximate surface area is 113 Å². The first kappa shape index (κ1) is 14.3. The molecule has 0 radical (unpaired) electrons. The number of sulfone groups is 1. The monoisotopic (exact) mass is 285 g/mol. The molecule has 1 aromatic carbocycles. The van der Waals surface area contributed by atoms with Gasteiger partial charge in [-0.15, -0.1) is 0 Å². The van der Waals surface area contributed by atoms with E-state index < -0.39 is 15.9 Å². The number of hydrogen-bond donors (Lipinski definition) is 2. The van der Waals surface area contributed by atoms with Crippen LogP contribution in [0.3, 0.4) is 0 Å². The molecule has 1 fully saturated rings. The highest BCUT2D eigenvalue weighted by Gasteiger charge is 2.35. The molecule has 19 heavy (non-hydrogen) atoms. The smallest absolute Gasteiger partial charge is 0.154 e. The topological polar surface area (TPSA) is 75.6 Å². The van der Waals surface area contributed by atoms with E-state index in [0.717, 1.165) is 17.7 Å².